The minimum Gasteiger partial charge on any atom is -0.477 e. The molecule has 0 atom stereocenters. The molecule has 0 aliphatic rings. The third-order valence-corrected chi connectivity index (χ3v) is 2.91. The molecule has 2 aromatic rings. The summed E-state index contributed by atoms with van der Waals surface area (Å²) in [5.41, 5.74) is 2.02. The Morgan fingerprint density at radius 1 is 1.53 bits per heavy atom. The fourth-order valence-corrected chi connectivity index (χ4v) is 1.91. The molecule has 0 saturated carbocycles. The zero-order valence-corrected chi connectivity index (χ0v) is 11.0. The molecule has 2 rings (SSSR count). The number of hydrogen-bond donors (Lipinski definition) is 2. The van der Waals surface area contributed by atoms with Crippen LogP contribution in [0, 0.1) is 0 Å². The quantitative estimate of drug-likeness (QED) is 0.793. The number of nitrogens with zero attached hydrogens (tertiary/aromatic N) is 4. The SMILES string of the molecule is CN(CCc1cnn(C)c1)Cc1cn[nH]c1C(=O)O. The van der Waals surface area contributed by atoms with Crippen molar-refractivity contribution >= 4 is 5.97 Å². The van der Waals surface area contributed by atoms with Crippen molar-refractivity contribution in [1.82, 2.24) is 24.9 Å². The van der Waals surface area contributed by atoms with Crippen LogP contribution in [-0.4, -0.2) is 49.5 Å². The van der Waals surface area contributed by atoms with Crippen LogP contribution in [0.25, 0.3) is 0 Å². The summed E-state index contributed by atoms with van der Waals surface area (Å²) in [7, 11) is 3.84. The molecule has 0 spiro atoms. The Labute approximate surface area is 110 Å². The first kappa shape index (κ1) is 13.3. The number of carboxylic acid groups (broad SMARTS) is 1. The minimum absolute atomic E-state index is 0.160. The first-order valence-electron chi connectivity index (χ1n) is 5.98. The second kappa shape index (κ2) is 5.66. The molecule has 0 aliphatic heterocycles. The summed E-state index contributed by atoms with van der Waals surface area (Å²) in [5.74, 6) is -0.979. The van der Waals surface area contributed by atoms with Gasteiger partial charge in [0.2, 0.25) is 0 Å². The Morgan fingerprint density at radius 3 is 2.95 bits per heavy atom. The molecule has 7 heteroatoms. The van der Waals surface area contributed by atoms with Crippen molar-refractivity contribution in [3.63, 3.8) is 0 Å². The van der Waals surface area contributed by atoms with E-state index in [1.54, 1.807) is 10.9 Å². The lowest BCUT2D eigenvalue weighted by Gasteiger charge is -2.15. The van der Waals surface area contributed by atoms with Gasteiger partial charge >= 0.3 is 5.97 Å². The molecule has 19 heavy (non-hydrogen) atoms. The molecule has 0 radical (unpaired) electrons. The summed E-state index contributed by atoms with van der Waals surface area (Å²) in [4.78, 5) is 13.0. The number of aromatic carboxylic acids is 1. The molecule has 0 aromatic carbocycles. The van der Waals surface area contributed by atoms with Gasteiger partial charge in [-0.2, -0.15) is 10.2 Å². The maximum Gasteiger partial charge on any atom is 0.354 e. The predicted octanol–water partition coefficient (Wildman–Crippen LogP) is 0.516. The number of carbonyl (C=O) groups is 1. The Bertz CT molecular complexity index is 560. The van der Waals surface area contributed by atoms with Gasteiger partial charge in [0, 0.05) is 31.9 Å². The van der Waals surface area contributed by atoms with E-state index in [0.29, 0.717) is 12.1 Å². The Kier molecular flexibility index (Phi) is 3.96. The van der Waals surface area contributed by atoms with E-state index in [2.05, 4.69) is 20.2 Å². The highest BCUT2D eigenvalue weighted by Gasteiger charge is 2.13. The number of aryl methyl sites for hydroxylation is 1. The van der Waals surface area contributed by atoms with E-state index in [-0.39, 0.29) is 5.69 Å². The highest BCUT2D eigenvalue weighted by Crippen LogP contribution is 2.08. The predicted molar refractivity (Wildman–Crippen MR) is 68.8 cm³/mol. The average molecular weight is 263 g/mol. The second-order valence-corrected chi connectivity index (χ2v) is 4.59. The summed E-state index contributed by atoms with van der Waals surface area (Å²) < 4.78 is 1.77. The van der Waals surface area contributed by atoms with Crippen molar-refractivity contribution in [3.8, 4) is 0 Å². The van der Waals surface area contributed by atoms with E-state index in [9.17, 15) is 4.79 Å². The van der Waals surface area contributed by atoms with Crippen molar-refractivity contribution in [2.75, 3.05) is 13.6 Å². The fraction of sp³-hybridized carbons (Fsp3) is 0.417. The van der Waals surface area contributed by atoms with Crippen molar-refractivity contribution in [2.24, 2.45) is 7.05 Å². The first-order valence-corrected chi connectivity index (χ1v) is 5.98. The number of nitrogens with one attached hydrogen (secondary N) is 1. The van der Waals surface area contributed by atoms with Gasteiger partial charge in [0.25, 0.3) is 0 Å². The van der Waals surface area contributed by atoms with Crippen molar-refractivity contribution in [1.29, 1.82) is 0 Å². The van der Waals surface area contributed by atoms with E-state index in [1.165, 1.54) is 5.56 Å². The molecule has 0 saturated heterocycles. The molecule has 102 valence electrons. The van der Waals surface area contributed by atoms with Crippen molar-refractivity contribution < 1.29 is 9.90 Å². The van der Waals surface area contributed by atoms with Gasteiger partial charge in [-0.15, -0.1) is 0 Å². The highest BCUT2D eigenvalue weighted by atomic mass is 16.4. The Morgan fingerprint density at radius 2 is 2.32 bits per heavy atom. The van der Waals surface area contributed by atoms with Gasteiger partial charge < -0.3 is 10.0 Å². The monoisotopic (exact) mass is 263 g/mol. The summed E-state index contributed by atoms with van der Waals surface area (Å²) in [6.07, 6.45) is 6.26. The molecule has 0 amide bonds. The maximum absolute atomic E-state index is 10.9. The van der Waals surface area contributed by atoms with E-state index >= 15 is 0 Å². The summed E-state index contributed by atoms with van der Waals surface area (Å²) in [5, 5.41) is 19.4. The van der Waals surface area contributed by atoms with Gasteiger partial charge in [-0.05, 0) is 19.0 Å². The van der Waals surface area contributed by atoms with Gasteiger partial charge in [0.05, 0.1) is 12.4 Å². The molecule has 2 N–H and O–H groups in total. The number of rotatable bonds is 6. The van der Waals surface area contributed by atoms with Gasteiger partial charge in [0.1, 0.15) is 5.69 Å². The van der Waals surface area contributed by atoms with E-state index in [4.69, 9.17) is 5.11 Å². The van der Waals surface area contributed by atoms with Crippen LogP contribution in [0.4, 0.5) is 0 Å². The second-order valence-electron chi connectivity index (χ2n) is 4.59. The van der Waals surface area contributed by atoms with E-state index in [0.717, 1.165) is 13.0 Å². The van der Waals surface area contributed by atoms with Crippen LogP contribution in [0.2, 0.25) is 0 Å². The minimum atomic E-state index is -0.979. The third-order valence-electron chi connectivity index (χ3n) is 2.91. The van der Waals surface area contributed by atoms with Gasteiger partial charge in [0.15, 0.2) is 0 Å². The number of likely N-dealkylation sites (N-methyl/N-ethyl adjacent to an activating group) is 1. The lowest BCUT2D eigenvalue weighted by molar-refractivity contribution is 0.0688. The van der Waals surface area contributed by atoms with Crippen LogP contribution < -0.4 is 0 Å². The Balaban J connectivity index is 1.88. The molecular weight excluding hydrogens is 246 g/mol. The number of aromatic amines is 1. The van der Waals surface area contributed by atoms with Crippen LogP contribution >= 0.6 is 0 Å². The molecule has 0 fully saturated rings. The summed E-state index contributed by atoms with van der Waals surface area (Å²) in [6, 6.07) is 0. The van der Waals surface area contributed by atoms with Crippen molar-refractivity contribution in [2.45, 2.75) is 13.0 Å². The van der Waals surface area contributed by atoms with Crippen LogP contribution in [0.5, 0.6) is 0 Å². The number of carboxylic acids is 1. The molecule has 2 heterocycles. The zero-order valence-electron chi connectivity index (χ0n) is 11.0. The third kappa shape index (κ3) is 3.41. The molecular formula is C12H17N5O2. The topological polar surface area (TPSA) is 87.0 Å². The zero-order chi connectivity index (χ0) is 13.8. The maximum atomic E-state index is 10.9. The van der Waals surface area contributed by atoms with E-state index < -0.39 is 5.97 Å². The van der Waals surface area contributed by atoms with Gasteiger partial charge in [-0.3, -0.25) is 9.78 Å². The lowest BCUT2D eigenvalue weighted by atomic mass is 10.2. The van der Waals surface area contributed by atoms with Crippen LogP contribution in [-0.2, 0) is 20.0 Å². The molecule has 2 aromatic heterocycles. The summed E-state index contributed by atoms with van der Waals surface area (Å²) >= 11 is 0. The van der Waals surface area contributed by atoms with Crippen molar-refractivity contribution in [3.05, 3.63) is 35.4 Å². The lowest BCUT2D eigenvalue weighted by Crippen LogP contribution is -2.21. The normalized spacial score (nSPS) is 11.1. The Hall–Kier alpha value is -2.15. The van der Waals surface area contributed by atoms with Crippen LogP contribution in [0.1, 0.15) is 21.6 Å². The molecule has 0 bridgehead atoms. The first-order chi connectivity index (χ1) is 9.06. The highest BCUT2D eigenvalue weighted by molar-refractivity contribution is 5.86. The molecule has 7 nitrogen and oxygen atoms in total. The van der Waals surface area contributed by atoms with E-state index in [1.807, 2.05) is 26.5 Å². The molecule has 0 aliphatic carbocycles. The largest absolute Gasteiger partial charge is 0.477 e. The van der Waals surface area contributed by atoms with Gasteiger partial charge in [-0.25, -0.2) is 4.79 Å². The average Bonchev–Trinajstić information content (AvgIpc) is 2.95. The molecule has 0 unspecified atom stereocenters. The number of hydrogen-bond acceptors (Lipinski definition) is 4. The van der Waals surface area contributed by atoms with Crippen LogP contribution in [0.15, 0.2) is 18.6 Å². The fourth-order valence-electron chi connectivity index (χ4n) is 1.91. The summed E-state index contributed by atoms with van der Waals surface area (Å²) in [6.45, 7) is 1.38. The van der Waals surface area contributed by atoms with Crippen LogP contribution in [0.3, 0.4) is 0 Å². The standard InChI is InChI=1S/C12H17N5O2/c1-16(4-3-9-5-14-17(2)7-9)8-10-6-13-15-11(10)12(18)19/h5-7H,3-4,8H2,1-2H3,(H,13,15)(H,18,19). The number of aromatic nitrogens is 4. The van der Waals surface area contributed by atoms with Gasteiger partial charge in [-0.1, -0.05) is 0 Å². The number of H-pyrrole nitrogens is 1. The smallest absolute Gasteiger partial charge is 0.354 e.